The second-order valence-corrected chi connectivity index (χ2v) is 5.88. The number of benzene rings is 2. The summed E-state index contributed by atoms with van der Waals surface area (Å²) in [4.78, 5) is 4.51. The van der Waals surface area contributed by atoms with E-state index in [0.29, 0.717) is 0 Å². The largest absolute Gasteiger partial charge is 0.496 e. The fourth-order valence-corrected chi connectivity index (χ4v) is 3.09. The average molecular weight is 303 g/mol. The van der Waals surface area contributed by atoms with Crippen LogP contribution in [0.5, 0.6) is 5.75 Å². The van der Waals surface area contributed by atoms with Crippen molar-refractivity contribution in [3.05, 3.63) is 83.0 Å². The van der Waals surface area contributed by atoms with Crippen molar-refractivity contribution >= 4 is 0 Å². The highest BCUT2D eigenvalue weighted by atomic mass is 16.5. The van der Waals surface area contributed by atoms with E-state index in [4.69, 9.17) is 4.74 Å². The number of hydrogen-bond acceptors (Lipinski definition) is 2. The zero-order valence-corrected chi connectivity index (χ0v) is 13.8. The van der Waals surface area contributed by atoms with Crippen molar-refractivity contribution in [2.24, 2.45) is 0 Å². The van der Waals surface area contributed by atoms with Gasteiger partial charge in [-0.05, 0) is 49.6 Å². The van der Waals surface area contributed by atoms with Crippen molar-refractivity contribution in [1.29, 1.82) is 0 Å². The first-order chi connectivity index (χ1) is 11.2. The predicted octanol–water partition coefficient (Wildman–Crippen LogP) is 4.96. The maximum atomic E-state index is 5.59. The van der Waals surface area contributed by atoms with Crippen LogP contribution in [-0.4, -0.2) is 12.1 Å². The summed E-state index contributed by atoms with van der Waals surface area (Å²) in [6, 6.07) is 18.9. The SMILES string of the molecule is COc1cccc(Cc2cc(C)cc(C)c2)c1-c1ccccn1. The molecule has 0 bridgehead atoms. The van der Waals surface area contributed by atoms with Crippen LogP contribution in [0.1, 0.15) is 22.3 Å². The molecule has 3 aromatic rings. The lowest BCUT2D eigenvalue weighted by Gasteiger charge is -2.14. The summed E-state index contributed by atoms with van der Waals surface area (Å²) in [7, 11) is 1.71. The number of ether oxygens (including phenoxy) is 1. The third-order valence-corrected chi connectivity index (χ3v) is 3.93. The van der Waals surface area contributed by atoms with E-state index in [2.05, 4.69) is 43.1 Å². The van der Waals surface area contributed by atoms with Gasteiger partial charge >= 0.3 is 0 Å². The Kier molecular flexibility index (Phi) is 4.42. The van der Waals surface area contributed by atoms with Crippen LogP contribution in [-0.2, 0) is 6.42 Å². The van der Waals surface area contributed by atoms with Crippen LogP contribution in [0, 0.1) is 13.8 Å². The van der Waals surface area contributed by atoms with Gasteiger partial charge in [-0.3, -0.25) is 4.98 Å². The van der Waals surface area contributed by atoms with Crippen LogP contribution in [0.25, 0.3) is 11.3 Å². The van der Waals surface area contributed by atoms with E-state index in [9.17, 15) is 0 Å². The molecule has 0 saturated carbocycles. The van der Waals surface area contributed by atoms with E-state index in [1.54, 1.807) is 7.11 Å². The smallest absolute Gasteiger partial charge is 0.128 e. The zero-order valence-electron chi connectivity index (χ0n) is 13.8. The molecule has 1 aromatic heterocycles. The molecule has 0 aliphatic carbocycles. The van der Waals surface area contributed by atoms with Crippen LogP contribution in [0.4, 0.5) is 0 Å². The summed E-state index contributed by atoms with van der Waals surface area (Å²) in [5.41, 5.74) is 7.16. The monoisotopic (exact) mass is 303 g/mol. The highest BCUT2D eigenvalue weighted by molar-refractivity contribution is 5.71. The molecule has 0 amide bonds. The molecule has 2 aromatic carbocycles. The summed E-state index contributed by atoms with van der Waals surface area (Å²) in [6.07, 6.45) is 2.69. The molecule has 116 valence electrons. The standard InChI is InChI=1S/C21H21NO/c1-15-11-16(2)13-17(12-15)14-18-7-6-9-20(23-3)21(18)19-8-4-5-10-22-19/h4-13H,14H2,1-3H3. The second-order valence-electron chi connectivity index (χ2n) is 5.88. The number of hydrogen-bond donors (Lipinski definition) is 0. The van der Waals surface area contributed by atoms with E-state index in [0.717, 1.165) is 23.4 Å². The van der Waals surface area contributed by atoms with Gasteiger partial charge in [-0.1, -0.05) is 47.5 Å². The summed E-state index contributed by atoms with van der Waals surface area (Å²) in [5.74, 6) is 0.866. The molecule has 0 aliphatic rings. The molecule has 0 spiro atoms. The molecule has 0 fully saturated rings. The first kappa shape index (κ1) is 15.3. The average Bonchev–Trinajstić information content (AvgIpc) is 2.54. The molecular formula is C21H21NO. The van der Waals surface area contributed by atoms with Gasteiger partial charge < -0.3 is 4.74 Å². The molecule has 3 rings (SSSR count). The van der Waals surface area contributed by atoms with Gasteiger partial charge in [-0.25, -0.2) is 0 Å². The van der Waals surface area contributed by atoms with E-state index >= 15 is 0 Å². The lowest BCUT2D eigenvalue weighted by molar-refractivity contribution is 0.416. The van der Waals surface area contributed by atoms with Crippen LogP contribution < -0.4 is 4.74 Å². The molecule has 0 atom stereocenters. The minimum Gasteiger partial charge on any atom is -0.496 e. The van der Waals surface area contributed by atoms with Gasteiger partial charge in [0.1, 0.15) is 5.75 Å². The first-order valence-corrected chi connectivity index (χ1v) is 7.82. The lowest BCUT2D eigenvalue weighted by Crippen LogP contribution is -1.98. The van der Waals surface area contributed by atoms with Gasteiger partial charge in [0.25, 0.3) is 0 Å². The first-order valence-electron chi connectivity index (χ1n) is 7.82. The molecule has 0 saturated heterocycles. The van der Waals surface area contributed by atoms with Gasteiger partial charge in [-0.2, -0.15) is 0 Å². The Morgan fingerprint density at radius 3 is 2.35 bits per heavy atom. The maximum Gasteiger partial charge on any atom is 0.128 e. The highest BCUT2D eigenvalue weighted by Crippen LogP contribution is 2.33. The molecule has 2 nitrogen and oxygen atoms in total. The van der Waals surface area contributed by atoms with Crippen molar-refractivity contribution < 1.29 is 4.74 Å². The van der Waals surface area contributed by atoms with Crippen LogP contribution in [0.15, 0.2) is 60.8 Å². The van der Waals surface area contributed by atoms with Gasteiger partial charge in [-0.15, -0.1) is 0 Å². The van der Waals surface area contributed by atoms with Crippen molar-refractivity contribution in [3.63, 3.8) is 0 Å². The van der Waals surface area contributed by atoms with Gasteiger partial charge in [0.2, 0.25) is 0 Å². The number of aryl methyl sites for hydroxylation is 2. The third kappa shape index (κ3) is 3.42. The summed E-state index contributed by atoms with van der Waals surface area (Å²) < 4.78 is 5.59. The topological polar surface area (TPSA) is 22.1 Å². The van der Waals surface area contributed by atoms with Gasteiger partial charge in [0, 0.05) is 11.8 Å². The van der Waals surface area contributed by atoms with Gasteiger partial charge in [0.15, 0.2) is 0 Å². The van der Waals surface area contributed by atoms with Crippen LogP contribution >= 0.6 is 0 Å². The highest BCUT2D eigenvalue weighted by Gasteiger charge is 2.13. The maximum absolute atomic E-state index is 5.59. The predicted molar refractivity (Wildman–Crippen MR) is 94.9 cm³/mol. The Hall–Kier alpha value is -2.61. The Morgan fingerprint density at radius 2 is 1.70 bits per heavy atom. The number of nitrogens with zero attached hydrogens (tertiary/aromatic N) is 1. The molecular weight excluding hydrogens is 282 g/mol. The molecule has 23 heavy (non-hydrogen) atoms. The summed E-state index contributed by atoms with van der Waals surface area (Å²) >= 11 is 0. The molecule has 0 unspecified atom stereocenters. The Balaban J connectivity index is 2.09. The number of rotatable bonds is 4. The van der Waals surface area contributed by atoms with Crippen molar-refractivity contribution in [2.75, 3.05) is 7.11 Å². The van der Waals surface area contributed by atoms with E-state index in [1.165, 1.54) is 22.3 Å². The van der Waals surface area contributed by atoms with E-state index < -0.39 is 0 Å². The third-order valence-electron chi connectivity index (χ3n) is 3.93. The second kappa shape index (κ2) is 6.66. The fourth-order valence-electron chi connectivity index (χ4n) is 3.09. The molecule has 0 aliphatic heterocycles. The summed E-state index contributed by atoms with van der Waals surface area (Å²) in [5, 5.41) is 0. The van der Waals surface area contributed by atoms with Crippen LogP contribution in [0.3, 0.4) is 0 Å². The number of aromatic nitrogens is 1. The molecule has 0 radical (unpaired) electrons. The quantitative estimate of drug-likeness (QED) is 0.679. The van der Waals surface area contributed by atoms with Crippen molar-refractivity contribution in [3.8, 4) is 17.0 Å². The minimum absolute atomic E-state index is 0.866. The normalized spacial score (nSPS) is 10.6. The minimum atomic E-state index is 0.866. The van der Waals surface area contributed by atoms with Crippen LogP contribution in [0.2, 0.25) is 0 Å². The fraction of sp³-hybridized carbons (Fsp3) is 0.190. The molecule has 0 N–H and O–H groups in total. The number of pyridine rings is 1. The molecule has 1 heterocycles. The van der Waals surface area contributed by atoms with E-state index in [1.807, 2.05) is 36.5 Å². The van der Waals surface area contributed by atoms with E-state index in [-0.39, 0.29) is 0 Å². The van der Waals surface area contributed by atoms with Gasteiger partial charge in [0.05, 0.1) is 12.8 Å². The zero-order chi connectivity index (χ0) is 16.2. The Labute approximate surface area is 137 Å². The Bertz CT molecular complexity index is 789. The number of methoxy groups -OCH3 is 1. The summed E-state index contributed by atoms with van der Waals surface area (Å²) in [6.45, 7) is 4.28. The van der Waals surface area contributed by atoms with Crippen molar-refractivity contribution in [2.45, 2.75) is 20.3 Å². The van der Waals surface area contributed by atoms with Crippen molar-refractivity contribution in [1.82, 2.24) is 4.98 Å². The molecule has 2 heteroatoms. The Morgan fingerprint density at radius 1 is 0.913 bits per heavy atom. The lowest BCUT2D eigenvalue weighted by atomic mass is 9.95.